The molecule has 0 aliphatic carbocycles. The molecule has 8 heteroatoms. The van der Waals surface area contributed by atoms with Crippen LogP contribution < -0.4 is 4.74 Å². The van der Waals surface area contributed by atoms with Crippen molar-refractivity contribution in [2.45, 2.75) is 46.8 Å². The van der Waals surface area contributed by atoms with E-state index in [0.717, 1.165) is 0 Å². The number of nitrogens with zero attached hydrogens (tertiary/aromatic N) is 2. The highest BCUT2D eigenvalue weighted by Crippen LogP contribution is 2.27. The lowest BCUT2D eigenvalue weighted by Gasteiger charge is -2.29. The van der Waals surface area contributed by atoms with Gasteiger partial charge in [0.2, 0.25) is 0 Å². The van der Waals surface area contributed by atoms with Crippen molar-refractivity contribution in [1.29, 1.82) is 0 Å². The Morgan fingerprint density at radius 2 is 1.61 bits per heavy atom. The fourth-order valence-electron chi connectivity index (χ4n) is 4.43. The molecule has 3 rings (SSSR count). The Morgan fingerprint density at radius 1 is 1.00 bits per heavy atom. The lowest BCUT2D eigenvalue weighted by atomic mass is 9.98. The van der Waals surface area contributed by atoms with E-state index in [1.807, 2.05) is 6.92 Å². The minimum absolute atomic E-state index is 0.0918. The Hall–Kier alpha value is -3.94. The average Bonchev–Trinajstić information content (AvgIpc) is 3.15. The summed E-state index contributed by atoms with van der Waals surface area (Å²) in [5.74, 6) is -0.976. The third-order valence-electron chi connectivity index (χ3n) is 6.42. The summed E-state index contributed by atoms with van der Waals surface area (Å²) in [6.45, 7) is 7.59. The number of ether oxygens (including phenoxy) is 2. The summed E-state index contributed by atoms with van der Waals surface area (Å²) < 4.78 is 25.4. The van der Waals surface area contributed by atoms with E-state index in [9.17, 15) is 18.8 Å². The molecule has 0 N–H and O–H groups in total. The van der Waals surface area contributed by atoms with Gasteiger partial charge in [0.05, 0.1) is 20.3 Å². The topological polar surface area (TPSA) is 77.8 Å². The van der Waals surface area contributed by atoms with Crippen LogP contribution in [0.3, 0.4) is 0 Å². The molecule has 0 radical (unpaired) electrons. The highest BCUT2D eigenvalue weighted by atomic mass is 19.1. The Morgan fingerprint density at radius 3 is 2.14 bits per heavy atom. The first-order valence-corrected chi connectivity index (χ1v) is 11.7. The average molecular weight is 495 g/mol. The maximum absolute atomic E-state index is 13.9. The Labute approximate surface area is 210 Å². The van der Waals surface area contributed by atoms with Crippen LogP contribution in [0.1, 0.15) is 61.9 Å². The van der Waals surface area contributed by atoms with E-state index in [1.54, 1.807) is 61.7 Å². The number of hydrogen-bond acceptors (Lipinski definition) is 5. The number of ketones is 1. The molecule has 0 saturated heterocycles. The third-order valence-corrected chi connectivity index (χ3v) is 6.42. The van der Waals surface area contributed by atoms with Gasteiger partial charge in [-0.15, -0.1) is 0 Å². The molecule has 0 bridgehead atoms. The van der Waals surface area contributed by atoms with Crippen LogP contribution in [-0.2, 0) is 17.8 Å². The predicted octanol–water partition coefficient (Wildman–Crippen LogP) is 4.97. The van der Waals surface area contributed by atoms with Crippen molar-refractivity contribution in [2.75, 3.05) is 14.2 Å². The smallest absolute Gasteiger partial charge is 0.354 e. The van der Waals surface area contributed by atoms with Gasteiger partial charge in [0.25, 0.3) is 5.91 Å². The molecule has 3 aromatic rings. The summed E-state index contributed by atoms with van der Waals surface area (Å²) in [7, 11) is 2.83. The van der Waals surface area contributed by atoms with Crippen LogP contribution in [0.4, 0.5) is 4.39 Å². The highest BCUT2D eigenvalue weighted by molar-refractivity contribution is 6.07. The zero-order valence-electron chi connectivity index (χ0n) is 21.4. The molecule has 1 heterocycles. The van der Waals surface area contributed by atoms with Gasteiger partial charge in [-0.3, -0.25) is 9.59 Å². The summed E-state index contributed by atoms with van der Waals surface area (Å²) >= 11 is 0. The fraction of sp³-hybridized carbons (Fsp3) is 0.321. The van der Waals surface area contributed by atoms with Crippen LogP contribution in [-0.4, -0.2) is 47.4 Å². The fourth-order valence-corrected chi connectivity index (χ4v) is 4.43. The zero-order chi connectivity index (χ0) is 26.6. The second-order valence-electron chi connectivity index (χ2n) is 8.50. The number of Topliss-reactive ketones (excluding diaryl/α,β-unsaturated/α-hetero) is 1. The summed E-state index contributed by atoms with van der Waals surface area (Å²) in [5, 5.41) is 0. The van der Waals surface area contributed by atoms with Gasteiger partial charge in [-0.05, 0) is 75.2 Å². The van der Waals surface area contributed by atoms with Crippen LogP contribution >= 0.6 is 0 Å². The molecule has 0 aliphatic heterocycles. The van der Waals surface area contributed by atoms with E-state index < -0.39 is 17.8 Å². The van der Waals surface area contributed by atoms with E-state index in [4.69, 9.17) is 9.47 Å². The van der Waals surface area contributed by atoms with Gasteiger partial charge >= 0.3 is 5.97 Å². The molecule has 0 aliphatic rings. The van der Waals surface area contributed by atoms with Crippen molar-refractivity contribution in [3.8, 4) is 5.75 Å². The first kappa shape index (κ1) is 26.7. The number of rotatable bonds is 9. The SMILES string of the molecule is CCn1c(C)c(C(=O)[C@@H](C)N(Cc2ccc(F)cc2)C(=O)c2ccc(OC)cc2)c(C)c1C(=O)OC. The van der Waals surface area contributed by atoms with Crippen LogP contribution in [0, 0.1) is 19.7 Å². The molecule has 0 unspecified atom stereocenters. The maximum Gasteiger partial charge on any atom is 0.354 e. The number of carbonyl (C=O) groups excluding carboxylic acids is 3. The monoisotopic (exact) mass is 494 g/mol. The number of esters is 1. The number of hydrogen-bond donors (Lipinski definition) is 0. The van der Waals surface area contributed by atoms with Gasteiger partial charge in [0.1, 0.15) is 17.3 Å². The minimum atomic E-state index is -0.875. The molecule has 190 valence electrons. The van der Waals surface area contributed by atoms with Crippen LogP contribution in [0.5, 0.6) is 5.75 Å². The maximum atomic E-state index is 13.9. The van der Waals surface area contributed by atoms with Crippen molar-refractivity contribution in [3.63, 3.8) is 0 Å². The van der Waals surface area contributed by atoms with E-state index in [0.29, 0.717) is 45.9 Å². The summed E-state index contributed by atoms with van der Waals surface area (Å²) in [5.41, 5.74) is 2.90. The van der Waals surface area contributed by atoms with Crippen molar-refractivity contribution < 1.29 is 28.2 Å². The Kier molecular flexibility index (Phi) is 8.29. The van der Waals surface area contributed by atoms with Crippen LogP contribution in [0.15, 0.2) is 48.5 Å². The zero-order valence-corrected chi connectivity index (χ0v) is 21.4. The molecule has 1 aromatic heterocycles. The van der Waals surface area contributed by atoms with E-state index >= 15 is 0 Å². The largest absolute Gasteiger partial charge is 0.497 e. The second-order valence-corrected chi connectivity index (χ2v) is 8.50. The number of methoxy groups -OCH3 is 2. The molecular formula is C28H31FN2O5. The number of halogens is 1. The Bertz CT molecular complexity index is 1260. The molecule has 0 fully saturated rings. The van der Waals surface area contributed by atoms with Gasteiger partial charge in [-0.1, -0.05) is 12.1 Å². The molecule has 36 heavy (non-hydrogen) atoms. The first-order chi connectivity index (χ1) is 17.1. The second kappa shape index (κ2) is 11.2. The summed E-state index contributed by atoms with van der Waals surface area (Å²) in [4.78, 5) is 41.4. The Balaban J connectivity index is 2.05. The van der Waals surface area contributed by atoms with Crippen LogP contribution in [0.25, 0.3) is 0 Å². The summed E-state index contributed by atoms with van der Waals surface area (Å²) in [6, 6.07) is 11.5. The quantitative estimate of drug-likeness (QED) is 0.310. The van der Waals surface area contributed by atoms with Crippen molar-refractivity contribution >= 4 is 17.7 Å². The normalized spacial score (nSPS) is 11.6. The van der Waals surface area contributed by atoms with E-state index in [1.165, 1.54) is 31.3 Å². The van der Waals surface area contributed by atoms with Gasteiger partial charge in [0, 0.05) is 29.9 Å². The van der Waals surface area contributed by atoms with Crippen molar-refractivity contribution in [1.82, 2.24) is 9.47 Å². The first-order valence-electron chi connectivity index (χ1n) is 11.7. The number of carbonyl (C=O) groups is 3. The molecular weight excluding hydrogens is 463 g/mol. The lowest BCUT2D eigenvalue weighted by Crippen LogP contribution is -2.43. The molecule has 0 saturated carbocycles. The van der Waals surface area contributed by atoms with Gasteiger partial charge in [-0.2, -0.15) is 0 Å². The molecule has 7 nitrogen and oxygen atoms in total. The van der Waals surface area contributed by atoms with Gasteiger partial charge in [-0.25, -0.2) is 9.18 Å². The third kappa shape index (κ3) is 5.17. The van der Waals surface area contributed by atoms with Crippen LogP contribution in [0.2, 0.25) is 0 Å². The number of benzene rings is 2. The number of amides is 1. The standard InChI is InChI=1S/C28H31FN2O5/c1-7-30-18(3)24(17(2)25(30)28(34)36-6)26(32)19(4)31(16-20-8-12-22(29)13-9-20)27(33)21-10-14-23(35-5)15-11-21/h8-15,19H,7,16H2,1-6H3/t19-/m1/s1. The predicted molar refractivity (Wildman–Crippen MR) is 134 cm³/mol. The van der Waals surface area contributed by atoms with E-state index in [2.05, 4.69) is 0 Å². The molecule has 1 amide bonds. The van der Waals surface area contributed by atoms with Gasteiger partial charge in [0.15, 0.2) is 5.78 Å². The molecule has 1 atom stereocenters. The van der Waals surface area contributed by atoms with Gasteiger partial charge < -0.3 is 18.9 Å². The number of aromatic nitrogens is 1. The lowest BCUT2D eigenvalue weighted by molar-refractivity contribution is 0.0586. The summed E-state index contributed by atoms with van der Waals surface area (Å²) in [6.07, 6.45) is 0. The molecule has 0 spiro atoms. The highest BCUT2D eigenvalue weighted by Gasteiger charge is 2.33. The van der Waals surface area contributed by atoms with E-state index in [-0.39, 0.29) is 18.2 Å². The van der Waals surface area contributed by atoms with Crippen molar-refractivity contribution in [2.24, 2.45) is 0 Å². The molecule has 2 aromatic carbocycles. The van der Waals surface area contributed by atoms with Crippen molar-refractivity contribution in [3.05, 3.63) is 88.0 Å². The minimum Gasteiger partial charge on any atom is -0.497 e.